The Morgan fingerprint density at radius 2 is 2.31 bits per heavy atom. The van der Waals surface area contributed by atoms with Crippen LogP contribution in [0.25, 0.3) is 0 Å². The van der Waals surface area contributed by atoms with E-state index in [9.17, 15) is 4.79 Å². The van der Waals surface area contributed by atoms with E-state index in [4.69, 9.17) is 0 Å². The molecular weight excluding hydrogens is 162 g/mol. The SMILES string of the molecule is CCCC(C)C(=O)C1(C)CCNC1. The van der Waals surface area contributed by atoms with Gasteiger partial charge in [0.2, 0.25) is 0 Å². The molecule has 2 unspecified atom stereocenters. The topological polar surface area (TPSA) is 29.1 Å². The van der Waals surface area contributed by atoms with Crippen molar-refractivity contribution < 1.29 is 4.79 Å². The first-order valence-corrected chi connectivity index (χ1v) is 5.35. The van der Waals surface area contributed by atoms with Gasteiger partial charge in [0, 0.05) is 17.9 Å². The van der Waals surface area contributed by atoms with Gasteiger partial charge in [-0.1, -0.05) is 27.2 Å². The second-order valence-corrected chi connectivity index (χ2v) is 4.54. The molecule has 1 N–H and O–H groups in total. The van der Waals surface area contributed by atoms with E-state index in [1.165, 1.54) is 0 Å². The lowest BCUT2D eigenvalue weighted by Crippen LogP contribution is -2.34. The maximum Gasteiger partial charge on any atom is 0.142 e. The molecule has 2 heteroatoms. The molecule has 0 amide bonds. The van der Waals surface area contributed by atoms with Crippen molar-refractivity contribution in [3.8, 4) is 0 Å². The smallest absolute Gasteiger partial charge is 0.142 e. The molecule has 1 aliphatic heterocycles. The normalized spacial score (nSPS) is 30.4. The quantitative estimate of drug-likeness (QED) is 0.722. The standard InChI is InChI=1S/C11H21NO/c1-4-5-9(2)10(13)11(3)6-7-12-8-11/h9,12H,4-8H2,1-3H3. The molecule has 76 valence electrons. The minimum Gasteiger partial charge on any atom is -0.316 e. The molecule has 2 nitrogen and oxygen atoms in total. The van der Waals surface area contributed by atoms with Gasteiger partial charge in [0.05, 0.1) is 0 Å². The summed E-state index contributed by atoms with van der Waals surface area (Å²) in [6, 6.07) is 0. The lowest BCUT2D eigenvalue weighted by molar-refractivity contribution is -0.130. The Kier molecular flexibility index (Phi) is 3.48. The number of rotatable bonds is 4. The number of carbonyl (C=O) groups is 1. The molecule has 13 heavy (non-hydrogen) atoms. The molecule has 1 rings (SSSR count). The Hall–Kier alpha value is -0.370. The molecule has 0 aliphatic carbocycles. The highest BCUT2D eigenvalue weighted by molar-refractivity contribution is 5.86. The van der Waals surface area contributed by atoms with Crippen LogP contribution in [0.1, 0.15) is 40.0 Å². The number of nitrogens with one attached hydrogen (secondary N) is 1. The van der Waals surface area contributed by atoms with Crippen molar-refractivity contribution in [2.45, 2.75) is 40.0 Å². The third kappa shape index (κ3) is 2.31. The highest BCUT2D eigenvalue weighted by atomic mass is 16.1. The summed E-state index contributed by atoms with van der Waals surface area (Å²) < 4.78 is 0. The number of hydrogen-bond acceptors (Lipinski definition) is 2. The third-order valence-corrected chi connectivity index (χ3v) is 3.13. The van der Waals surface area contributed by atoms with Crippen LogP contribution in [0.5, 0.6) is 0 Å². The van der Waals surface area contributed by atoms with Crippen molar-refractivity contribution in [1.82, 2.24) is 5.32 Å². The Morgan fingerprint density at radius 3 is 2.77 bits per heavy atom. The van der Waals surface area contributed by atoms with Crippen LogP contribution >= 0.6 is 0 Å². The molecule has 0 aromatic carbocycles. The van der Waals surface area contributed by atoms with Crippen molar-refractivity contribution >= 4 is 5.78 Å². The summed E-state index contributed by atoms with van der Waals surface area (Å²) in [4.78, 5) is 12.0. The van der Waals surface area contributed by atoms with Gasteiger partial charge in [0.15, 0.2) is 0 Å². The Morgan fingerprint density at radius 1 is 1.62 bits per heavy atom. The Labute approximate surface area is 81.1 Å². The largest absolute Gasteiger partial charge is 0.316 e. The van der Waals surface area contributed by atoms with Gasteiger partial charge in [-0.25, -0.2) is 0 Å². The predicted molar refractivity (Wildman–Crippen MR) is 54.7 cm³/mol. The summed E-state index contributed by atoms with van der Waals surface area (Å²) in [7, 11) is 0. The zero-order valence-electron chi connectivity index (χ0n) is 9.02. The van der Waals surface area contributed by atoms with E-state index in [1.54, 1.807) is 0 Å². The molecule has 0 aromatic rings. The van der Waals surface area contributed by atoms with Gasteiger partial charge in [0.1, 0.15) is 5.78 Å². The highest BCUT2D eigenvalue weighted by Gasteiger charge is 2.37. The van der Waals surface area contributed by atoms with Crippen LogP contribution in [-0.2, 0) is 4.79 Å². The molecule has 0 aromatic heterocycles. The molecule has 0 spiro atoms. The van der Waals surface area contributed by atoms with Gasteiger partial charge in [0.25, 0.3) is 0 Å². The average Bonchev–Trinajstić information content (AvgIpc) is 2.52. The van der Waals surface area contributed by atoms with Crippen molar-refractivity contribution in [1.29, 1.82) is 0 Å². The summed E-state index contributed by atoms with van der Waals surface area (Å²) in [5.74, 6) is 0.703. The first kappa shape index (κ1) is 10.7. The summed E-state index contributed by atoms with van der Waals surface area (Å²) in [6.07, 6.45) is 3.16. The van der Waals surface area contributed by atoms with Crippen LogP contribution in [-0.4, -0.2) is 18.9 Å². The van der Waals surface area contributed by atoms with E-state index >= 15 is 0 Å². The molecule has 1 aliphatic rings. The first-order valence-electron chi connectivity index (χ1n) is 5.35. The summed E-state index contributed by atoms with van der Waals surface area (Å²) in [5, 5.41) is 3.27. The van der Waals surface area contributed by atoms with E-state index in [2.05, 4.69) is 26.1 Å². The third-order valence-electron chi connectivity index (χ3n) is 3.13. The zero-order valence-corrected chi connectivity index (χ0v) is 9.02. The van der Waals surface area contributed by atoms with Crippen molar-refractivity contribution in [2.75, 3.05) is 13.1 Å². The number of Topliss-reactive ketones (excluding diaryl/α,β-unsaturated/α-hetero) is 1. The monoisotopic (exact) mass is 183 g/mol. The van der Waals surface area contributed by atoms with Crippen LogP contribution < -0.4 is 5.32 Å². The van der Waals surface area contributed by atoms with Crippen LogP contribution in [0, 0.1) is 11.3 Å². The second-order valence-electron chi connectivity index (χ2n) is 4.54. The van der Waals surface area contributed by atoms with E-state index in [0.717, 1.165) is 32.4 Å². The lowest BCUT2D eigenvalue weighted by atomic mass is 9.78. The van der Waals surface area contributed by atoms with E-state index in [-0.39, 0.29) is 11.3 Å². The van der Waals surface area contributed by atoms with Crippen LogP contribution in [0.2, 0.25) is 0 Å². The fourth-order valence-corrected chi connectivity index (χ4v) is 2.19. The van der Waals surface area contributed by atoms with E-state index in [1.807, 2.05) is 0 Å². The van der Waals surface area contributed by atoms with Gasteiger partial charge in [-0.3, -0.25) is 4.79 Å². The molecule has 1 heterocycles. The molecule has 0 bridgehead atoms. The highest BCUT2D eigenvalue weighted by Crippen LogP contribution is 2.30. The molecular formula is C11H21NO. The summed E-state index contributed by atoms with van der Waals surface area (Å²) in [5.41, 5.74) is -0.0748. The molecule has 2 atom stereocenters. The Balaban J connectivity index is 2.54. The number of ketones is 1. The van der Waals surface area contributed by atoms with Crippen molar-refractivity contribution in [3.05, 3.63) is 0 Å². The first-order chi connectivity index (χ1) is 6.10. The van der Waals surface area contributed by atoms with Gasteiger partial charge in [-0.05, 0) is 19.4 Å². The minimum absolute atomic E-state index is 0.0748. The molecule has 1 fully saturated rings. The van der Waals surface area contributed by atoms with Gasteiger partial charge >= 0.3 is 0 Å². The maximum absolute atomic E-state index is 12.0. The molecule has 0 saturated carbocycles. The lowest BCUT2D eigenvalue weighted by Gasteiger charge is -2.24. The van der Waals surface area contributed by atoms with Gasteiger partial charge < -0.3 is 5.32 Å². The minimum atomic E-state index is -0.0748. The van der Waals surface area contributed by atoms with Crippen LogP contribution in [0.3, 0.4) is 0 Å². The van der Waals surface area contributed by atoms with Crippen molar-refractivity contribution in [2.24, 2.45) is 11.3 Å². The van der Waals surface area contributed by atoms with E-state index < -0.39 is 0 Å². The fraction of sp³-hybridized carbons (Fsp3) is 0.909. The van der Waals surface area contributed by atoms with Gasteiger partial charge in [-0.15, -0.1) is 0 Å². The summed E-state index contributed by atoms with van der Waals surface area (Å²) >= 11 is 0. The number of hydrogen-bond donors (Lipinski definition) is 1. The second kappa shape index (κ2) is 4.23. The Bertz CT molecular complexity index is 183. The van der Waals surface area contributed by atoms with Gasteiger partial charge in [-0.2, -0.15) is 0 Å². The zero-order chi connectivity index (χ0) is 9.90. The maximum atomic E-state index is 12.0. The van der Waals surface area contributed by atoms with Crippen LogP contribution in [0.4, 0.5) is 0 Å². The number of carbonyl (C=O) groups excluding carboxylic acids is 1. The molecule has 1 saturated heterocycles. The van der Waals surface area contributed by atoms with Crippen LogP contribution in [0.15, 0.2) is 0 Å². The van der Waals surface area contributed by atoms with E-state index in [0.29, 0.717) is 5.78 Å². The average molecular weight is 183 g/mol. The molecule has 0 radical (unpaired) electrons. The van der Waals surface area contributed by atoms with Crippen molar-refractivity contribution in [3.63, 3.8) is 0 Å². The fourth-order valence-electron chi connectivity index (χ4n) is 2.19. The predicted octanol–water partition coefficient (Wildman–Crippen LogP) is 1.99. The summed E-state index contributed by atoms with van der Waals surface area (Å²) in [6.45, 7) is 8.18.